The monoisotopic (exact) mass is 353 g/mol. The van der Waals surface area contributed by atoms with E-state index in [0.29, 0.717) is 16.9 Å². The second-order valence-corrected chi connectivity index (χ2v) is 6.04. The number of carbonyl (C=O) groups excluding carboxylic acids is 2. The van der Waals surface area contributed by atoms with E-state index < -0.39 is 5.97 Å². The lowest BCUT2D eigenvalue weighted by atomic mass is 10.2. The van der Waals surface area contributed by atoms with E-state index in [4.69, 9.17) is 0 Å². The van der Waals surface area contributed by atoms with Crippen LogP contribution in [0.2, 0.25) is 0 Å². The van der Waals surface area contributed by atoms with Crippen molar-refractivity contribution in [2.24, 2.45) is 0 Å². The molecule has 0 unspecified atom stereocenters. The molecule has 6 nitrogen and oxygen atoms in total. The highest BCUT2D eigenvalue weighted by Gasteiger charge is 2.10. The molecule has 7 heteroatoms. The molecule has 1 N–H and O–H groups in total. The number of carbonyl (C=O) groups is 2. The standard InChI is InChI=1S/C18H15N3O3S/c1-24-18(23)12-4-6-14(7-5-12)20-16(22)9-15-11-25-17(21-15)13-3-2-8-19-10-13/h2-8,10-11H,9H2,1H3,(H,20,22). The maximum absolute atomic E-state index is 12.2. The molecule has 0 aliphatic rings. The van der Waals surface area contributed by atoms with Crippen LogP contribution in [0.3, 0.4) is 0 Å². The number of hydrogen-bond donors (Lipinski definition) is 1. The van der Waals surface area contributed by atoms with E-state index in [0.717, 1.165) is 10.6 Å². The van der Waals surface area contributed by atoms with Gasteiger partial charge in [0.15, 0.2) is 0 Å². The zero-order valence-corrected chi connectivity index (χ0v) is 14.2. The number of rotatable bonds is 5. The molecule has 0 fully saturated rings. The van der Waals surface area contributed by atoms with Crippen LogP contribution in [0, 0.1) is 0 Å². The fraction of sp³-hybridized carbons (Fsp3) is 0.111. The Morgan fingerprint density at radius 2 is 2.00 bits per heavy atom. The summed E-state index contributed by atoms with van der Waals surface area (Å²) in [5, 5.41) is 5.48. The first kappa shape index (κ1) is 16.8. The fourth-order valence-corrected chi connectivity index (χ4v) is 3.00. The van der Waals surface area contributed by atoms with Gasteiger partial charge in [0.05, 0.1) is 24.8 Å². The Morgan fingerprint density at radius 1 is 1.20 bits per heavy atom. The first-order chi connectivity index (χ1) is 12.2. The molecule has 2 aromatic heterocycles. The van der Waals surface area contributed by atoms with Gasteiger partial charge >= 0.3 is 5.97 Å². The molecule has 2 heterocycles. The summed E-state index contributed by atoms with van der Waals surface area (Å²) >= 11 is 1.48. The molecule has 0 atom stereocenters. The van der Waals surface area contributed by atoms with Crippen molar-refractivity contribution < 1.29 is 14.3 Å². The number of anilines is 1. The lowest BCUT2D eigenvalue weighted by Crippen LogP contribution is -2.14. The summed E-state index contributed by atoms with van der Waals surface area (Å²) in [6.07, 6.45) is 3.62. The average molecular weight is 353 g/mol. The Kier molecular flexibility index (Phi) is 5.15. The Bertz CT molecular complexity index is 876. The summed E-state index contributed by atoms with van der Waals surface area (Å²) in [5.74, 6) is -0.586. The molecule has 1 aromatic carbocycles. The Balaban J connectivity index is 1.61. The number of hydrogen-bond acceptors (Lipinski definition) is 6. The van der Waals surface area contributed by atoms with E-state index in [1.165, 1.54) is 18.4 Å². The van der Waals surface area contributed by atoms with Crippen molar-refractivity contribution in [3.63, 3.8) is 0 Å². The second kappa shape index (κ2) is 7.67. The molecule has 25 heavy (non-hydrogen) atoms. The summed E-state index contributed by atoms with van der Waals surface area (Å²) in [6, 6.07) is 10.3. The van der Waals surface area contributed by atoms with E-state index in [9.17, 15) is 9.59 Å². The van der Waals surface area contributed by atoms with Gasteiger partial charge in [-0.25, -0.2) is 9.78 Å². The molecule has 1 amide bonds. The van der Waals surface area contributed by atoms with Crippen molar-refractivity contribution in [2.75, 3.05) is 12.4 Å². The van der Waals surface area contributed by atoms with Crippen LogP contribution in [0.15, 0.2) is 54.2 Å². The summed E-state index contributed by atoms with van der Waals surface area (Å²) in [4.78, 5) is 32.1. The Hall–Kier alpha value is -3.06. The minimum Gasteiger partial charge on any atom is -0.465 e. The van der Waals surface area contributed by atoms with Crippen molar-refractivity contribution >= 4 is 28.9 Å². The normalized spacial score (nSPS) is 10.3. The topological polar surface area (TPSA) is 81.2 Å². The van der Waals surface area contributed by atoms with Crippen LogP contribution in [0.1, 0.15) is 16.1 Å². The number of thiazole rings is 1. The van der Waals surface area contributed by atoms with Gasteiger partial charge < -0.3 is 10.1 Å². The molecule has 0 bridgehead atoms. The van der Waals surface area contributed by atoms with Crippen LogP contribution < -0.4 is 5.32 Å². The molecule has 0 spiro atoms. The molecule has 126 valence electrons. The molecule has 0 radical (unpaired) electrons. The maximum atomic E-state index is 12.2. The van der Waals surface area contributed by atoms with E-state index in [1.54, 1.807) is 36.7 Å². The number of ether oxygens (including phenoxy) is 1. The SMILES string of the molecule is COC(=O)c1ccc(NC(=O)Cc2csc(-c3cccnc3)n2)cc1. The van der Waals surface area contributed by atoms with Gasteiger partial charge in [0.2, 0.25) is 5.91 Å². The van der Waals surface area contributed by atoms with Crippen molar-refractivity contribution in [1.82, 2.24) is 9.97 Å². The number of aromatic nitrogens is 2. The molecule has 0 aliphatic carbocycles. The minimum atomic E-state index is -0.414. The van der Waals surface area contributed by atoms with Gasteiger partial charge in [0.25, 0.3) is 0 Å². The van der Waals surface area contributed by atoms with Gasteiger partial charge in [-0.3, -0.25) is 9.78 Å². The van der Waals surface area contributed by atoms with E-state index >= 15 is 0 Å². The molecule has 3 aromatic rings. The molecule has 0 saturated heterocycles. The average Bonchev–Trinajstić information content (AvgIpc) is 3.10. The van der Waals surface area contributed by atoms with Gasteiger partial charge in [-0.1, -0.05) is 0 Å². The molecule has 0 saturated carbocycles. The quantitative estimate of drug-likeness (QED) is 0.713. The number of esters is 1. The second-order valence-electron chi connectivity index (χ2n) is 5.18. The van der Waals surface area contributed by atoms with E-state index in [1.807, 2.05) is 17.5 Å². The number of nitrogens with one attached hydrogen (secondary N) is 1. The molecular formula is C18H15N3O3S. The zero-order chi connectivity index (χ0) is 17.6. The third-order valence-corrected chi connectivity index (χ3v) is 4.33. The molecule has 3 rings (SSSR count). The minimum absolute atomic E-state index is 0.172. The summed E-state index contributed by atoms with van der Waals surface area (Å²) < 4.78 is 4.64. The Labute approximate surface area is 148 Å². The lowest BCUT2D eigenvalue weighted by Gasteiger charge is -2.05. The van der Waals surface area contributed by atoms with Gasteiger partial charge in [-0.05, 0) is 36.4 Å². The number of pyridine rings is 1. The predicted octanol–water partition coefficient (Wildman–Crippen LogP) is 3.17. The summed E-state index contributed by atoms with van der Waals surface area (Å²) in [6.45, 7) is 0. The van der Waals surface area contributed by atoms with Crippen LogP contribution in [0.5, 0.6) is 0 Å². The van der Waals surface area contributed by atoms with Crippen LogP contribution >= 0.6 is 11.3 Å². The molecule has 0 aliphatic heterocycles. The first-order valence-corrected chi connectivity index (χ1v) is 8.36. The van der Waals surface area contributed by atoms with Crippen molar-refractivity contribution in [3.05, 3.63) is 65.4 Å². The van der Waals surface area contributed by atoms with E-state index in [2.05, 4.69) is 20.0 Å². The Morgan fingerprint density at radius 3 is 2.68 bits per heavy atom. The third kappa shape index (κ3) is 4.27. The lowest BCUT2D eigenvalue weighted by molar-refractivity contribution is -0.115. The fourth-order valence-electron chi connectivity index (χ4n) is 2.19. The van der Waals surface area contributed by atoms with Crippen molar-refractivity contribution in [3.8, 4) is 10.6 Å². The van der Waals surface area contributed by atoms with Crippen LogP contribution in [-0.2, 0) is 16.0 Å². The smallest absolute Gasteiger partial charge is 0.337 e. The maximum Gasteiger partial charge on any atom is 0.337 e. The van der Waals surface area contributed by atoms with Crippen molar-refractivity contribution in [2.45, 2.75) is 6.42 Å². The number of methoxy groups -OCH3 is 1. The van der Waals surface area contributed by atoms with Gasteiger partial charge in [0.1, 0.15) is 5.01 Å². The highest BCUT2D eigenvalue weighted by atomic mass is 32.1. The van der Waals surface area contributed by atoms with Gasteiger partial charge in [-0.15, -0.1) is 11.3 Å². The van der Waals surface area contributed by atoms with Gasteiger partial charge in [0, 0.05) is 29.0 Å². The highest BCUT2D eigenvalue weighted by Crippen LogP contribution is 2.23. The van der Waals surface area contributed by atoms with Crippen LogP contribution in [-0.4, -0.2) is 29.0 Å². The highest BCUT2D eigenvalue weighted by molar-refractivity contribution is 7.13. The number of nitrogens with zero attached hydrogens (tertiary/aromatic N) is 2. The first-order valence-electron chi connectivity index (χ1n) is 7.49. The number of amides is 1. The van der Waals surface area contributed by atoms with Crippen LogP contribution in [0.25, 0.3) is 10.6 Å². The zero-order valence-electron chi connectivity index (χ0n) is 13.4. The summed E-state index contributed by atoms with van der Waals surface area (Å²) in [7, 11) is 1.33. The van der Waals surface area contributed by atoms with Gasteiger partial charge in [-0.2, -0.15) is 0 Å². The third-order valence-electron chi connectivity index (χ3n) is 3.39. The van der Waals surface area contributed by atoms with Crippen LogP contribution in [0.4, 0.5) is 5.69 Å². The van der Waals surface area contributed by atoms with E-state index in [-0.39, 0.29) is 12.3 Å². The number of benzene rings is 1. The largest absolute Gasteiger partial charge is 0.465 e. The predicted molar refractivity (Wildman–Crippen MR) is 95.5 cm³/mol. The summed E-state index contributed by atoms with van der Waals surface area (Å²) in [5.41, 5.74) is 2.67. The van der Waals surface area contributed by atoms with Crippen molar-refractivity contribution in [1.29, 1.82) is 0 Å². The molecular weight excluding hydrogens is 338 g/mol.